The molecule has 1 N–H and O–H groups in total. The van der Waals surface area contributed by atoms with Gasteiger partial charge >= 0.3 is 0 Å². The van der Waals surface area contributed by atoms with Crippen LogP contribution in [0.5, 0.6) is 0 Å². The second-order valence-electron chi connectivity index (χ2n) is 5.30. The van der Waals surface area contributed by atoms with Crippen molar-refractivity contribution in [1.29, 1.82) is 0 Å². The van der Waals surface area contributed by atoms with Crippen molar-refractivity contribution in [1.82, 2.24) is 0 Å². The van der Waals surface area contributed by atoms with E-state index in [1.54, 1.807) is 0 Å². The van der Waals surface area contributed by atoms with Gasteiger partial charge in [0.15, 0.2) is 23.3 Å². The molecule has 5 heteroatoms. The fourth-order valence-electron chi connectivity index (χ4n) is 2.54. The van der Waals surface area contributed by atoms with Gasteiger partial charge in [0, 0.05) is 12.1 Å². The Kier molecular flexibility index (Phi) is 4.32. The molecule has 106 valence electrons. The maximum atomic E-state index is 13.5. The zero-order valence-corrected chi connectivity index (χ0v) is 10.8. The average Bonchev–Trinajstić information content (AvgIpc) is 2.57. The fraction of sp³-hybridized carbons (Fsp3) is 0.571. The average molecular weight is 275 g/mol. The van der Waals surface area contributed by atoms with Crippen molar-refractivity contribution in [3.63, 3.8) is 0 Å². The third-order valence-electron chi connectivity index (χ3n) is 3.72. The van der Waals surface area contributed by atoms with Crippen LogP contribution in [0.25, 0.3) is 0 Å². The van der Waals surface area contributed by atoms with E-state index < -0.39 is 29.0 Å². The molecule has 1 nitrogen and oxygen atoms in total. The van der Waals surface area contributed by atoms with Gasteiger partial charge in [-0.1, -0.05) is 19.8 Å². The minimum absolute atomic E-state index is 0.143. The molecule has 1 fully saturated rings. The standard InChI is InChI=1S/C14H17F4N/c1-8-3-2-4-9(6-5-8)19-14-12(17)10(15)7-11(16)13(14)18/h7-9,19H,2-6H2,1H3. The van der Waals surface area contributed by atoms with Crippen molar-refractivity contribution in [3.8, 4) is 0 Å². The van der Waals surface area contributed by atoms with Gasteiger partial charge in [0.2, 0.25) is 0 Å². The van der Waals surface area contributed by atoms with E-state index in [4.69, 9.17) is 0 Å². The maximum absolute atomic E-state index is 13.5. The topological polar surface area (TPSA) is 12.0 Å². The van der Waals surface area contributed by atoms with Crippen molar-refractivity contribution in [3.05, 3.63) is 29.3 Å². The molecule has 0 spiro atoms. The zero-order chi connectivity index (χ0) is 14.0. The van der Waals surface area contributed by atoms with Gasteiger partial charge in [-0.2, -0.15) is 0 Å². The van der Waals surface area contributed by atoms with Gasteiger partial charge in [0.25, 0.3) is 0 Å². The predicted molar refractivity (Wildman–Crippen MR) is 65.9 cm³/mol. The summed E-state index contributed by atoms with van der Waals surface area (Å²) in [5.41, 5.74) is -0.683. The molecule has 1 aliphatic carbocycles. The van der Waals surface area contributed by atoms with Crippen molar-refractivity contribution in [2.45, 2.75) is 45.1 Å². The monoisotopic (exact) mass is 275 g/mol. The van der Waals surface area contributed by atoms with E-state index in [9.17, 15) is 17.6 Å². The summed E-state index contributed by atoms with van der Waals surface area (Å²) in [6.07, 6.45) is 4.46. The van der Waals surface area contributed by atoms with Gasteiger partial charge in [0.1, 0.15) is 5.69 Å². The quantitative estimate of drug-likeness (QED) is 0.471. The summed E-state index contributed by atoms with van der Waals surface area (Å²) in [6, 6.07) is 0.0838. The second kappa shape index (κ2) is 5.80. The van der Waals surface area contributed by atoms with Crippen molar-refractivity contribution in [2.24, 2.45) is 5.92 Å². The Balaban J connectivity index is 2.18. The lowest BCUT2D eigenvalue weighted by Gasteiger charge is -2.19. The van der Waals surface area contributed by atoms with Crippen LogP contribution in [0, 0.1) is 29.2 Å². The molecule has 0 saturated heterocycles. The van der Waals surface area contributed by atoms with Crippen LogP contribution in [-0.4, -0.2) is 6.04 Å². The summed E-state index contributed by atoms with van der Waals surface area (Å²) in [4.78, 5) is 0. The van der Waals surface area contributed by atoms with Gasteiger partial charge in [-0.3, -0.25) is 0 Å². The Morgan fingerprint density at radius 2 is 1.58 bits per heavy atom. The molecule has 0 amide bonds. The molecule has 19 heavy (non-hydrogen) atoms. The highest BCUT2D eigenvalue weighted by Gasteiger charge is 2.23. The number of anilines is 1. The fourth-order valence-corrected chi connectivity index (χ4v) is 2.54. The van der Waals surface area contributed by atoms with Crippen LogP contribution in [0.15, 0.2) is 6.07 Å². The van der Waals surface area contributed by atoms with Gasteiger partial charge in [-0.05, 0) is 25.2 Å². The maximum Gasteiger partial charge on any atom is 0.185 e. The summed E-state index contributed by atoms with van der Waals surface area (Å²) in [7, 11) is 0. The van der Waals surface area contributed by atoms with E-state index in [0.717, 1.165) is 32.1 Å². The molecule has 0 aromatic heterocycles. The van der Waals surface area contributed by atoms with Crippen LogP contribution in [0.3, 0.4) is 0 Å². The highest BCUT2D eigenvalue weighted by atomic mass is 19.2. The molecule has 2 rings (SSSR count). The number of halogens is 4. The number of rotatable bonds is 2. The first-order chi connectivity index (χ1) is 8.99. The molecular formula is C14H17F4N. The summed E-state index contributed by atoms with van der Waals surface area (Å²) in [5, 5.41) is 2.63. The lowest BCUT2D eigenvalue weighted by atomic mass is 10.0. The SMILES string of the molecule is CC1CCCC(Nc2c(F)c(F)cc(F)c2F)CC1. The Bertz CT molecular complexity index is 435. The van der Waals surface area contributed by atoms with E-state index >= 15 is 0 Å². The largest absolute Gasteiger partial charge is 0.377 e. The molecule has 0 heterocycles. The summed E-state index contributed by atoms with van der Waals surface area (Å²) >= 11 is 0. The lowest BCUT2D eigenvalue weighted by molar-refractivity contribution is 0.454. The summed E-state index contributed by atoms with van der Waals surface area (Å²) < 4.78 is 53.3. The molecule has 1 aromatic rings. The Morgan fingerprint density at radius 1 is 0.947 bits per heavy atom. The van der Waals surface area contributed by atoms with E-state index in [-0.39, 0.29) is 12.1 Å². The Morgan fingerprint density at radius 3 is 2.21 bits per heavy atom. The van der Waals surface area contributed by atoms with E-state index in [1.807, 2.05) is 0 Å². The first-order valence-electron chi connectivity index (χ1n) is 6.58. The zero-order valence-electron chi connectivity index (χ0n) is 10.8. The van der Waals surface area contributed by atoms with Crippen LogP contribution >= 0.6 is 0 Å². The molecule has 0 aliphatic heterocycles. The van der Waals surface area contributed by atoms with Crippen LogP contribution in [0.1, 0.15) is 39.0 Å². The van der Waals surface area contributed by atoms with E-state index in [2.05, 4.69) is 12.2 Å². The first kappa shape index (κ1) is 14.2. The number of benzene rings is 1. The third-order valence-corrected chi connectivity index (χ3v) is 3.72. The molecule has 0 bridgehead atoms. The molecule has 2 atom stereocenters. The van der Waals surface area contributed by atoms with Gasteiger partial charge in [-0.15, -0.1) is 0 Å². The van der Waals surface area contributed by atoms with E-state index in [1.165, 1.54) is 0 Å². The van der Waals surface area contributed by atoms with Crippen molar-refractivity contribution >= 4 is 5.69 Å². The Hall–Kier alpha value is -1.26. The van der Waals surface area contributed by atoms with Crippen LogP contribution in [0.4, 0.5) is 23.2 Å². The number of hydrogen-bond acceptors (Lipinski definition) is 1. The van der Waals surface area contributed by atoms with Crippen molar-refractivity contribution in [2.75, 3.05) is 5.32 Å². The Labute approximate surface area is 110 Å². The highest BCUT2D eigenvalue weighted by Crippen LogP contribution is 2.29. The molecule has 1 aromatic carbocycles. The smallest absolute Gasteiger partial charge is 0.185 e. The minimum atomic E-state index is -1.37. The predicted octanol–water partition coefficient (Wildman–Crippen LogP) is 4.62. The van der Waals surface area contributed by atoms with E-state index in [0.29, 0.717) is 5.92 Å². The molecule has 2 unspecified atom stereocenters. The highest BCUT2D eigenvalue weighted by molar-refractivity contribution is 5.48. The molecule has 1 saturated carbocycles. The minimum Gasteiger partial charge on any atom is -0.377 e. The van der Waals surface area contributed by atoms with Crippen LogP contribution in [-0.2, 0) is 0 Å². The number of hydrogen-bond donors (Lipinski definition) is 1. The molecule has 0 radical (unpaired) electrons. The second-order valence-corrected chi connectivity index (χ2v) is 5.30. The van der Waals surface area contributed by atoms with Crippen LogP contribution in [0.2, 0.25) is 0 Å². The summed E-state index contributed by atoms with van der Waals surface area (Å²) in [5.74, 6) is -4.87. The van der Waals surface area contributed by atoms with Gasteiger partial charge in [0.05, 0.1) is 0 Å². The third kappa shape index (κ3) is 3.19. The number of nitrogens with one attached hydrogen (secondary N) is 1. The van der Waals surface area contributed by atoms with Gasteiger partial charge in [-0.25, -0.2) is 17.6 Å². The van der Waals surface area contributed by atoms with Crippen molar-refractivity contribution < 1.29 is 17.6 Å². The van der Waals surface area contributed by atoms with Crippen LogP contribution < -0.4 is 5.32 Å². The lowest BCUT2D eigenvalue weighted by Crippen LogP contribution is -2.21. The first-order valence-corrected chi connectivity index (χ1v) is 6.58. The summed E-state index contributed by atoms with van der Waals surface area (Å²) in [6.45, 7) is 2.13. The van der Waals surface area contributed by atoms with Gasteiger partial charge < -0.3 is 5.32 Å². The molecular weight excluding hydrogens is 258 g/mol. The molecule has 1 aliphatic rings. The normalized spacial score (nSPS) is 24.1.